The molecule has 2 atom stereocenters. The third-order valence-electron chi connectivity index (χ3n) is 3.51. The average molecular weight is 302 g/mol. The molecule has 0 saturated carbocycles. The smallest absolute Gasteiger partial charge is 0.264 e. The van der Waals surface area contributed by atoms with Crippen molar-refractivity contribution < 1.29 is 17.7 Å². The molecule has 0 aromatic rings. The SMILES string of the molecule is CS(=O)(=O)OCCC1C=CCC1.OCCC1C=CCC1. The van der Waals surface area contributed by atoms with Crippen molar-refractivity contribution in [3.63, 3.8) is 0 Å². The lowest BCUT2D eigenvalue weighted by molar-refractivity contribution is 0.269. The van der Waals surface area contributed by atoms with Gasteiger partial charge < -0.3 is 5.11 Å². The van der Waals surface area contributed by atoms with E-state index in [2.05, 4.69) is 28.5 Å². The van der Waals surface area contributed by atoms with E-state index in [1.54, 1.807) is 0 Å². The molecular weight excluding hydrogens is 276 g/mol. The fourth-order valence-corrected chi connectivity index (χ4v) is 2.79. The summed E-state index contributed by atoms with van der Waals surface area (Å²) >= 11 is 0. The summed E-state index contributed by atoms with van der Waals surface area (Å²) in [5, 5.41) is 8.49. The Balaban J connectivity index is 0.000000217. The first kappa shape index (κ1) is 17.4. The molecule has 0 aliphatic heterocycles. The zero-order valence-corrected chi connectivity index (χ0v) is 13.0. The molecular formula is C15H26O4S. The predicted molar refractivity (Wildman–Crippen MR) is 80.8 cm³/mol. The van der Waals surface area contributed by atoms with Crippen molar-refractivity contribution in [2.75, 3.05) is 19.5 Å². The van der Waals surface area contributed by atoms with Crippen molar-refractivity contribution in [1.29, 1.82) is 0 Å². The van der Waals surface area contributed by atoms with Crippen molar-refractivity contribution >= 4 is 10.1 Å². The first-order valence-corrected chi connectivity index (χ1v) is 9.11. The highest BCUT2D eigenvalue weighted by Crippen LogP contribution is 2.20. The van der Waals surface area contributed by atoms with E-state index in [1.807, 2.05) is 0 Å². The molecule has 4 nitrogen and oxygen atoms in total. The molecule has 0 aromatic carbocycles. The third-order valence-corrected chi connectivity index (χ3v) is 4.11. The van der Waals surface area contributed by atoms with E-state index in [-0.39, 0.29) is 0 Å². The van der Waals surface area contributed by atoms with Crippen LogP contribution in [0, 0.1) is 11.8 Å². The number of allylic oxidation sites excluding steroid dienone is 4. The van der Waals surface area contributed by atoms with Gasteiger partial charge in [0.15, 0.2) is 0 Å². The number of rotatable bonds is 6. The first-order valence-electron chi connectivity index (χ1n) is 7.30. The van der Waals surface area contributed by atoms with Gasteiger partial charge in [0.1, 0.15) is 0 Å². The molecule has 0 heterocycles. The topological polar surface area (TPSA) is 63.6 Å². The second kappa shape index (κ2) is 9.32. The van der Waals surface area contributed by atoms with Crippen LogP contribution in [-0.4, -0.2) is 33.0 Å². The highest BCUT2D eigenvalue weighted by molar-refractivity contribution is 7.85. The van der Waals surface area contributed by atoms with Crippen LogP contribution in [0.4, 0.5) is 0 Å². The van der Waals surface area contributed by atoms with E-state index in [0.29, 0.717) is 25.0 Å². The number of hydrogen-bond acceptors (Lipinski definition) is 4. The van der Waals surface area contributed by atoms with E-state index < -0.39 is 10.1 Å². The van der Waals surface area contributed by atoms with E-state index in [4.69, 9.17) is 5.11 Å². The molecule has 2 aliphatic carbocycles. The first-order chi connectivity index (χ1) is 9.51. The fourth-order valence-electron chi connectivity index (χ4n) is 2.39. The zero-order valence-electron chi connectivity index (χ0n) is 12.2. The Labute approximate surface area is 122 Å². The summed E-state index contributed by atoms with van der Waals surface area (Å²) in [6, 6.07) is 0. The Morgan fingerprint density at radius 1 is 1.10 bits per heavy atom. The van der Waals surface area contributed by atoms with Crippen molar-refractivity contribution in [3.8, 4) is 0 Å². The third kappa shape index (κ3) is 8.51. The van der Waals surface area contributed by atoms with Crippen molar-refractivity contribution in [2.24, 2.45) is 11.8 Å². The lowest BCUT2D eigenvalue weighted by atomic mass is 10.1. The van der Waals surface area contributed by atoms with Crippen LogP contribution in [-0.2, 0) is 14.3 Å². The lowest BCUT2D eigenvalue weighted by Crippen LogP contribution is -2.06. The van der Waals surface area contributed by atoms with Crippen molar-refractivity contribution in [1.82, 2.24) is 0 Å². The predicted octanol–water partition coefficient (Wildman–Crippen LogP) is 2.65. The van der Waals surface area contributed by atoms with Gasteiger partial charge in [-0.3, -0.25) is 4.18 Å². The van der Waals surface area contributed by atoms with Crippen LogP contribution in [0.3, 0.4) is 0 Å². The van der Waals surface area contributed by atoms with Crippen LogP contribution < -0.4 is 0 Å². The Kier molecular flexibility index (Phi) is 8.11. The second-order valence-corrected chi connectivity index (χ2v) is 7.00. The van der Waals surface area contributed by atoms with Crippen LogP contribution in [0.25, 0.3) is 0 Å². The van der Waals surface area contributed by atoms with E-state index in [0.717, 1.165) is 31.9 Å². The van der Waals surface area contributed by atoms with Gasteiger partial charge in [0.25, 0.3) is 10.1 Å². The Morgan fingerprint density at radius 3 is 2.05 bits per heavy atom. The monoisotopic (exact) mass is 302 g/mol. The van der Waals surface area contributed by atoms with Gasteiger partial charge in [-0.05, 0) is 50.4 Å². The van der Waals surface area contributed by atoms with Gasteiger partial charge in [-0.25, -0.2) is 0 Å². The summed E-state index contributed by atoms with van der Waals surface area (Å²) in [5.41, 5.74) is 0. The Morgan fingerprint density at radius 2 is 1.65 bits per heavy atom. The molecule has 2 unspecified atom stereocenters. The van der Waals surface area contributed by atoms with Gasteiger partial charge in [-0.15, -0.1) is 0 Å². The maximum Gasteiger partial charge on any atom is 0.264 e. The quantitative estimate of drug-likeness (QED) is 0.605. The molecule has 0 radical (unpaired) electrons. The summed E-state index contributed by atoms with van der Waals surface area (Å²) in [4.78, 5) is 0. The van der Waals surface area contributed by atoms with Crippen LogP contribution in [0.1, 0.15) is 38.5 Å². The van der Waals surface area contributed by atoms with Crippen molar-refractivity contribution in [2.45, 2.75) is 38.5 Å². The van der Waals surface area contributed by atoms with Gasteiger partial charge >= 0.3 is 0 Å². The minimum absolute atomic E-state index is 0.313. The molecule has 2 aliphatic rings. The summed E-state index contributed by atoms with van der Waals surface area (Å²) in [6.07, 6.45) is 16.2. The summed E-state index contributed by atoms with van der Waals surface area (Å²) in [7, 11) is -3.24. The summed E-state index contributed by atoms with van der Waals surface area (Å²) < 4.78 is 25.8. The van der Waals surface area contributed by atoms with E-state index in [9.17, 15) is 8.42 Å². The van der Waals surface area contributed by atoms with Gasteiger partial charge in [-0.1, -0.05) is 24.3 Å². The van der Waals surface area contributed by atoms with Gasteiger partial charge in [0.05, 0.1) is 12.9 Å². The van der Waals surface area contributed by atoms with Crippen LogP contribution in [0.2, 0.25) is 0 Å². The molecule has 116 valence electrons. The van der Waals surface area contributed by atoms with Gasteiger partial charge in [-0.2, -0.15) is 8.42 Å². The molecule has 0 amide bonds. The van der Waals surface area contributed by atoms with Crippen LogP contribution >= 0.6 is 0 Å². The minimum Gasteiger partial charge on any atom is -0.396 e. The van der Waals surface area contributed by atoms with E-state index in [1.165, 1.54) is 12.8 Å². The maximum atomic E-state index is 10.6. The van der Waals surface area contributed by atoms with E-state index >= 15 is 0 Å². The van der Waals surface area contributed by atoms with Gasteiger partial charge in [0.2, 0.25) is 0 Å². The summed E-state index contributed by atoms with van der Waals surface area (Å²) in [6.45, 7) is 0.656. The highest BCUT2D eigenvalue weighted by Gasteiger charge is 2.10. The molecule has 0 saturated heterocycles. The minimum atomic E-state index is -3.24. The van der Waals surface area contributed by atoms with Crippen LogP contribution in [0.5, 0.6) is 0 Å². The Bertz CT molecular complexity index is 412. The van der Waals surface area contributed by atoms with Gasteiger partial charge in [0, 0.05) is 6.61 Å². The molecule has 0 fully saturated rings. The zero-order chi connectivity index (χ0) is 14.8. The molecule has 20 heavy (non-hydrogen) atoms. The maximum absolute atomic E-state index is 10.6. The Hall–Kier alpha value is -0.650. The highest BCUT2D eigenvalue weighted by atomic mass is 32.2. The van der Waals surface area contributed by atoms with Crippen LogP contribution in [0.15, 0.2) is 24.3 Å². The molecule has 0 spiro atoms. The normalized spacial score (nSPS) is 24.7. The summed E-state index contributed by atoms with van der Waals surface area (Å²) in [5.74, 6) is 1.20. The largest absolute Gasteiger partial charge is 0.396 e. The molecule has 0 aromatic heterocycles. The number of aliphatic hydroxyl groups is 1. The molecule has 0 bridgehead atoms. The number of aliphatic hydroxyl groups excluding tert-OH is 1. The average Bonchev–Trinajstić information content (AvgIpc) is 3.01. The standard InChI is InChI=1S/C8H14O3S.C7H12O/c1-12(9,10)11-7-6-8-4-2-3-5-8;8-6-5-7-3-1-2-4-7/h2,4,8H,3,5-7H2,1H3;1,3,7-8H,2,4-6H2. The molecule has 2 rings (SSSR count). The lowest BCUT2D eigenvalue weighted by Gasteiger charge is -2.05. The molecule has 1 N–H and O–H groups in total. The fraction of sp³-hybridized carbons (Fsp3) is 0.733. The second-order valence-electron chi connectivity index (χ2n) is 5.36. The molecule has 5 heteroatoms. The van der Waals surface area contributed by atoms with Crippen molar-refractivity contribution in [3.05, 3.63) is 24.3 Å². The number of hydrogen-bond donors (Lipinski definition) is 1.